The van der Waals surface area contributed by atoms with Gasteiger partial charge in [0.05, 0.1) is 0 Å². The first-order valence-corrected chi connectivity index (χ1v) is 4.90. The topological polar surface area (TPSA) is 12.0 Å². The molecule has 2 rings (SSSR count). The average Bonchev–Trinajstić information content (AvgIpc) is 2.01. The van der Waals surface area contributed by atoms with E-state index < -0.39 is 0 Å². The van der Waals surface area contributed by atoms with Crippen LogP contribution < -0.4 is 5.32 Å². The van der Waals surface area contributed by atoms with Crippen LogP contribution in [-0.4, -0.2) is 5.54 Å². The molecule has 0 saturated carbocycles. The highest BCUT2D eigenvalue weighted by Crippen LogP contribution is 2.23. The van der Waals surface area contributed by atoms with Crippen molar-refractivity contribution in [3.8, 4) is 0 Å². The number of fused-ring (bicyclic) bond motifs is 1. The molecule has 1 aromatic carbocycles. The zero-order chi connectivity index (χ0) is 9.47. The van der Waals surface area contributed by atoms with E-state index in [1.165, 1.54) is 16.7 Å². The lowest BCUT2D eigenvalue weighted by atomic mass is 9.87. The van der Waals surface area contributed by atoms with Crippen molar-refractivity contribution < 1.29 is 0 Å². The molecule has 1 aliphatic heterocycles. The van der Waals surface area contributed by atoms with Crippen molar-refractivity contribution in [2.24, 2.45) is 0 Å². The molecular formula is C12H17N. The number of hydrogen-bond acceptors (Lipinski definition) is 1. The van der Waals surface area contributed by atoms with Crippen LogP contribution in [0.1, 0.15) is 30.5 Å². The minimum atomic E-state index is 0.265. The van der Waals surface area contributed by atoms with Crippen LogP contribution in [0.25, 0.3) is 0 Å². The number of hydrogen-bond donors (Lipinski definition) is 1. The van der Waals surface area contributed by atoms with E-state index in [0.717, 1.165) is 13.0 Å². The Kier molecular flexibility index (Phi) is 1.92. The predicted octanol–water partition coefficient (Wildman–Crippen LogP) is 2.42. The van der Waals surface area contributed by atoms with Crippen molar-refractivity contribution in [2.45, 2.75) is 39.3 Å². The summed E-state index contributed by atoms with van der Waals surface area (Å²) < 4.78 is 0. The van der Waals surface area contributed by atoms with E-state index in [1.54, 1.807) is 0 Å². The second-order valence-electron chi connectivity index (χ2n) is 4.69. The van der Waals surface area contributed by atoms with E-state index in [-0.39, 0.29) is 5.54 Å². The van der Waals surface area contributed by atoms with Crippen LogP contribution in [0.15, 0.2) is 18.2 Å². The maximum atomic E-state index is 3.53. The highest BCUT2D eigenvalue weighted by molar-refractivity contribution is 5.34. The molecule has 1 nitrogen and oxygen atoms in total. The van der Waals surface area contributed by atoms with Gasteiger partial charge in [0.25, 0.3) is 0 Å². The summed E-state index contributed by atoms with van der Waals surface area (Å²) in [5.41, 5.74) is 4.62. The quantitative estimate of drug-likeness (QED) is 0.638. The molecule has 1 heterocycles. The van der Waals surface area contributed by atoms with Crippen molar-refractivity contribution in [3.05, 3.63) is 34.9 Å². The van der Waals surface area contributed by atoms with Gasteiger partial charge in [-0.1, -0.05) is 23.8 Å². The first-order valence-electron chi connectivity index (χ1n) is 4.90. The van der Waals surface area contributed by atoms with Crippen molar-refractivity contribution in [1.29, 1.82) is 0 Å². The fraction of sp³-hybridized carbons (Fsp3) is 0.500. The SMILES string of the molecule is Cc1ccc2c(c1)CC(C)(C)NC2. The van der Waals surface area contributed by atoms with Crippen LogP contribution in [0, 0.1) is 6.92 Å². The Morgan fingerprint density at radius 2 is 2.00 bits per heavy atom. The van der Waals surface area contributed by atoms with Crippen LogP contribution in [0.5, 0.6) is 0 Å². The smallest absolute Gasteiger partial charge is 0.0213 e. The molecule has 0 fully saturated rings. The lowest BCUT2D eigenvalue weighted by Crippen LogP contribution is -2.44. The molecule has 0 spiro atoms. The summed E-state index contributed by atoms with van der Waals surface area (Å²) in [5, 5.41) is 3.53. The number of rotatable bonds is 0. The minimum Gasteiger partial charge on any atom is -0.307 e. The summed E-state index contributed by atoms with van der Waals surface area (Å²) in [4.78, 5) is 0. The Morgan fingerprint density at radius 3 is 2.77 bits per heavy atom. The van der Waals surface area contributed by atoms with Crippen molar-refractivity contribution in [2.75, 3.05) is 0 Å². The molecule has 70 valence electrons. The van der Waals surface area contributed by atoms with Gasteiger partial charge in [-0.25, -0.2) is 0 Å². The second kappa shape index (κ2) is 2.85. The van der Waals surface area contributed by atoms with Gasteiger partial charge in [0, 0.05) is 12.1 Å². The summed E-state index contributed by atoms with van der Waals surface area (Å²) in [6, 6.07) is 6.75. The number of benzene rings is 1. The van der Waals surface area contributed by atoms with Gasteiger partial charge in [0.1, 0.15) is 0 Å². The molecule has 0 radical (unpaired) electrons. The molecule has 1 aliphatic rings. The van der Waals surface area contributed by atoms with Gasteiger partial charge in [-0.15, -0.1) is 0 Å². The highest BCUT2D eigenvalue weighted by atomic mass is 15.0. The first kappa shape index (κ1) is 8.76. The van der Waals surface area contributed by atoms with Crippen LogP contribution in [0.3, 0.4) is 0 Å². The van der Waals surface area contributed by atoms with Gasteiger partial charge in [0.2, 0.25) is 0 Å². The first-order chi connectivity index (χ1) is 6.07. The molecule has 1 aromatic rings. The monoisotopic (exact) mass is 175 g/mol. The van der Waals surface area contributed by atoms with E-state index >= 15 is 0 Å². The Hall–Kier alpha value is -0.820. The molecular weight excluding hydrogens is 158 g/mol. The molecule has 0 bridgehead atoms. The summed E-state index contributed by atoms with van der Waals surface area (Å²) >= 11 is 0. The predicted molar refractivity (Wildman–Crippen MR) is 55.8 cm³/mol. The summed E-state index contributed by atoms with van der Waals surface area (Å²) in [5.74, 6) is 0. The molecule has 13 heavy (non-hydrogen) atoms. The molecule has 0 amide bonds. The van der Waals surface area contributed by atoms with Crippen LogP contribution in [0.4, 0.5) is 0 Å². The van der Waals surface area contributed by atoms with Crippen LogP contribution in [-0.2, 0) is 13.0 Å². The molecule has 0 saturated heterocycles. The summed E-state index contributed by atoms with van der Waals surface area (Å²) in [6.07, 6.45) is 1.14. The Morgan fingerprint density at radius 1 is 1.23 bits per heavy atom. The fourth-order valence-electron chi connectivity index (χ4n) is 1.96. The normalized spacial score (nSPS) is 19.6. The molecule has 0 atom stereocenters. The molecule has 0 aromatic heterocycles. The summed E-state index contributed by atoms with van der Waals surface area (Å²) in [6.45, 7) is 7.70. The van der Waals surface area contributed by atoms with Gasteiger partial charge >= 0.3 is 0 Å². The van der Waals surface area contributed by atoms with Crippen molar-refractivity contribution in [3.63, 3.8) is 0 Å². The maximum Gasteiger partial charge on any atom is 0.0213 e. The van der Waals surface area contributed by atoms with E-state index in [4.69, 9.17) is 0 Å². The van der Waals surface area contributed by atoms with E-state index in [9.17, 15) is 0 Å². The maximum absolute atomic E-state index is 3.53. The largest absolute Gasteiger partial charge is 0.307 e. The molecule has 0 aliphatic carbocycles. The third kappa shape index (κ3) is 1.75. The number of nitrogens with one attached hydrogen (secondary N) is 1. The second-order valence-corrected chi connectivity index (χ2v) is 4.69. The molecule has 1 N–H and O–H groups in total. The zero-order valence-electron chi connectivity index (χ0n) is 8.65. The van der Waals surface area contributed by atoms with Gasteiger partial charge in [-0.3, -0.25) is 0 Å². The average molecular weight is 175 g/mol. The standard InChI is InChI=1S/C12H17N/c1-9-4-5-10-8-13-12(2,3)7-11(10)6-9/h4-6,13H,7-8H2,1-3H3. The van der Waals surface area contributed by atoms with Gasteiger partial charge in [-0.2, -0.15) is 0 Å². The minimum absolute atomic E-state index is 0.265. The van der Waals surface area contributed by atoms with Crippen molar-refractivity contribution >= 4 is 0 Å². The molecule has 0 unspecified atom stereocenters. The third-order valence-electron chi connectivity index (χ3n) is 2.75. The van der Waals surface area contributed by atoms with Gasteiger partial charge < -0.3 is 5.32 Å². The lowest BCUT2D eigenvalue weighted by molar-refractivity contribution is 0.362. The van der Waals surface area contributed by atoms with Gasteiger partial charge in [-0.05, 0) is 38.3 Å². The molecule has 1 heteroatoms. The van der Waals surface area contributed by atoms with E-state index in [2.05, 4.69) is 44.3 Å². The van der Waals surface area contributed by atoms with Crippen LogP contribution >= 0.6 is 0 Å². The lowest BCUT2D eigenvalue weighted by Gasteiger charge is -2.33. The third-order valence-corrected chi connectivity index (χ3v) is 2.75. The Labute approximate surface area is 80.2 Å². The van der Waals surface area contributed by atoms with Gasteiger partial charge in [0.15, 0.2) is 0 Å². The highest BCUT2D eigenvalue weighted by Gasteiger charge is 2.23. The van der Waals surface area contributed by atoms with E-state index in [0.29, 0.717) is 0 Å². The van der Waals surface area contributed by atoms with Crippen LogP contribution in [0.2, 0.25) is 0 Å². The fourth-order valence-corrected chi connectivity index (χ4v) is 1.96. The summed E-state index contributed by atoms with van der Waals surface area (Å²) in [7, 11) is 0. The number of aryl methyl sites for hydroxylation is 1. The van der Waals surface area contributed by atoms with Crippen molar-refractivity contribution in [1.82, 2.24) is 5.32 Å². The Bertz CT molecular complexity index is 326. The zero-order valence-corrected chi connectivity index (χ0v) is 8.65. The Balaban J connectivity index is 2.38. The van der Waals surface area contributed by atoms with E-state index in [1.807, 2.05) is 0 Å².